The Morgan fingerprint density at radius 2 is 2.02 bits per heavy atom. The summed E-state index contributed by atoms with van der Waals surface area (Å²) in [6, 6.07) is 11.4. The standard InChI is InChI=1S/C35H38ClF2N7O2/c1-22-9-13-35(12-4-15-45(22)35)21-47-34-40-28-20-42(29-6-3-5-24-7-8-27(38)31(36)30(24)29)16-11-26(28)32(41-34)43-17-18-44(33(46)23(2)37)25(19-43)10-14-39/h3,5-8,22,25H,2,4,9-13,15-21H2,1H3/t22?,25-,35?/m0/s1. The lowest BCUT2D eigenvalue weighted by molar-refractivity contribution is -0.131. The topological polar surface area (TPSA) is 88.8 Å². The number of fused-ring (bicyclic) bond motifs is 3. The molecular weight excluding hydrogens is 624 g/mol. The summed E-state index contributed by atoms with van der Waals surface area (Å²) < 4.78 is 35.0. The Hall–Kier alpha value is -4.01. The van der Waals surface area contributed by atoms with Gasteiger partial charge in [0.05, 0.1) is 41.3 Å². The van der Waals surface area contributed by atoms with Crippen LogP contribution >= 0.6 is 11.6 Å². The molecule has 12 heteroatoms. The third-order valence-electron chi connectivity index (χ3n) is 10.6. The quantitative estimate of drug-likeness (QED) is 0.294. The zero-order valence-electron chi connectivity index (χ0n) is 26.5. The van der Waals surface area contributed by atoms with E-state index in [2.05, 4.69) is 34.3 Å². The van der Waals surface area contributed by atoms with Gasteiger partial charge in [-0.3, -0.25) is 9.69 Å². The maximum absolute atomic E-state index is 14.6. The maximum Gasteiger partial charge on any atom is 0.318 e. The largest absolute Gasteiger partial charge is 0.461 e. The highest BCUT2D eigenvalue weighted by Crippen LogP contribution is 2.43. The summed E-state index contributed by atoms with van der Waals surface area (Å²) in [5, 5.41) is 11.2. The number of hydrogen-bond donors (Lipinski definition) is 0. The zero-order valence-corrected chi connectivity index (χ0v) is 27.3. The van der Waals surface area contributed by atoms with Gasteiger partial charge < -0.3 is 19.4 Å². The molecule has 0 spiro atoms. The number of carbonyl (C=O) groups is 1. The summed E-state index contributed by atoms with van der Waals surface area (Å²) in [7, 11) is 0. The number of aromatic nitrogens is 2. The summed E-state index contributed by atoms with van der Waals surface area (Å²) >= 11 is 6.52. The van der Waals surface area contributed by atoms with Crippen LogP contribution in [0.1, 0.15) is 50.3 Å². The van der Waals surface area contributed by atoms with Gasteiger partial charge in [0.15, 0.2) is 5.83 Å². The third-order valence-corrected chi connectivity index (χ3v) is 10.9. The van der Waals surface area contributed by atoms with Crippen molar-refractivity contribution < 1.29 is 18.3 Å². The van der Waals surface area contributed by atoms with Crippen LogP contribution in [-0.4, -0.2) is 82.6 Å². The molecule has 4 aliphatic heterocycles. The first-order chi connectivity index (χ1) is 22.7. The molecule has 3 aromatic rings. The van der Waals surface area contributed by atoms with Crippen molar-refractivity contribution in [3.05, 3.63) is 64.8 Å². The normalized spacial score (nSPS) is 24.3. The van der Waals surface area contributed by atoms with Crippen LogP contribution in [-0.2, 0) is 17.8 Å². The molecule has 0 radical (unpaired) electrons. The highest BCUT2D eigenvalue weighted by atomic mass is 35.5. The number of ether oxygens (including phenoxy) is 1. The smallest absolute Gasteiger partial charge is 0.318 e. The van der Waals surface area contributed by atoms with Gasteiger partial charge in [-0.05, 0) is 63.1 Å². The van der Waals surface area contributed by atoms with Gasteiger partial charge in [-0.1, -0.05) is 36.4 Å². The first-order valence-electron chi connectivity index (χ1n) is 16.4. The van der Waals surface area contributed by atoms with E-state index < -0.39 is 23.6 Å². The lowest BCUT2D eigenvalue weighted by Gasteiger charge is -2.42. The van der Waals surface area contributed by atoms with Gasteiger partial charge in [-0.2, -0.15) is 15.2 Å². The number of nitrogens with zero attached hydrogens (tertiary/aromatic N) is 7. The van der Waals surface area contributed by atoms with Crippen molar-refractivity contribution >= 4 is 39.8 Å². The Morgan fingerprint density at radius 3 is 2.83 bits per heavy atom. The van der Waals surface area contributed by atoms with Gasteiger partial charge in [0, 0.05) is 48.9 Å². The van der Waals surface area contributed by atoms with E-state index >= 15 is 0 Å². The van der Waals surface area contributed by atoms with Gasteiger partial charge in [-0.15, -0.1) is 0 Å². The number of rotatable bonds is 7. The first kappa shape index (κ1) is 31.6. The van der Waals surface area contributed by atoms with Crippen molar-refractivity contribution in [2.24, 2.45) is 0 Å². The van der Waals surface area contributed by atoms with Crippen LogP contribution in [0.15, 0.2) is 42.7 Å². The van der Waals surface area contributed by atoms with Gasteiger partial charge in [0.25, 0.3) is 5.91 Å². The summed E-state index contributed by atoms with van der Waals surface area (Å²) in [6.07, 6.45) is 5.08. The van der Waals surface area contributed by atoms with Crippen molar-refractivity contribution in [1.29, 1.82) is 5.26 Å². The second-order valence-electron chi connectivity index (χ2n) is 13.2. The molecule has 0 bridgehead atoms. The average molecular weight is 662 g/mol. The monoisotopic (exact) mass is 661 g/mol. The Balaban J connectivity index is 1.24. The lowest BCUT2D eigenvalue weighted by atomic mass is 9.95. The number of benzene rings is 2. The van der Waals surface area contributed by atoms with E-state index in [0.717, 1.165) is 54.6 Å². The fraction of sp³-hybridized carbons (Fsp3) is 0.486. The molecular formula is C35H38ClF2N7O2. The van der Waals surface area contributed by atoms with Crippen molar-refractivity contribution in [3.63, 3.8) is 0 Å². The number of anilines is 2. The summed E-state index contributed by atoms with van der Waals surface area (Å²) in [5.74, 6) is -1.58. The molecule has 1 amide bonds. The SMILES string of the molecule is C=C(F)C(=O)N1CCN(c2nc(OCC34CCCN3C(C)CC4)nc3c2CCN(c2cccc4ccc(F)c(Cl)c24)C3)C[C@@H]1CC#N. The highest BCUT2D eigenvalue weighted by Gasteiger charge is 2.48. The molecule has 47 heavy (non-hydrogen) atoms. The predicted octanol–water partition coefficient (Wildman–Crippen LogP) is 5.79. The molecule has 3 fully saturated rings. The van der Waals surface area contributed by atoms with Crippen LogP contribution < -0.4 is 14.5 Å². The second-order valence-corrected chi connectivity index (χ2v) is 13.6. The minimum atomic E-state index is -1.04. The third kappa shape index (κ3) is 5.65. The molecule has 246 valence electrons. The van der Waals surface area contributed by atoms with Gasteiger partial charge in [-0.25, -0.2) is 8.78 Å². The lowest BCUT2D eigenvalue weighted by Crippen LogP contribution is -2.55. The molecule has 7 rings (SSSR count). The molecule has 3 saturated heterocycles. The summed E-state index contributed by atoms with van der Waals surface area (Å²) in [6.45, 7) is 9.02. The van der Waals surface area contributed by atoms with Crippen LogP contribution in [0.2, 0.25) is 5.02 Å². The van der Waals surface area contributed by atoms with Crippen LogP contribution in [0, 0.1) is 17.1 Å². The summed E-state index contributed by atoms with van der Waals surface area (Å²) in [5.41, 5.74) is 2.57. The van der Waals surface area contributed by atoms with E-state index in [9.17, 15) is 18.8 Å². The Labute approximate surface area is 278 Å². The van der Waals surface area contributed by atoms with E-state index in [4.69, 9.17) is 26.3 Å². The average Bonchev–Trinajstić information content (AvgIpc) is 3.64. The number of halogens is 3. The van der Waals surface area contributed by atoms with Gasteiger partial charge in [0.1, 0.15) is 18.2 Å². The van der Waals surface area contributed by atoms with Crippen LogP contribution in [0.25, 0.3) is 10.8 Å². The first-order valence-corrected chi connectivity index (χ1v) is 16.7. The Bertz CT molecular complexity index is 1780. The summed E-state index contributed by atoms with van der Waals surface area (Å²) in [4.78, 5) is 30.7. The fourth-order valence-electron chi connectivity index (χ4n) is 8.20. The van der Waals surface area contributed by atoms with Crippen LogP contribution in [0.3, 0.4) is 0 Å². The number of carbonyl (C=O) groups excluding carboxylic acids is 1. The van der Waals surface area contributed by atoms with E-state index in [1.165, 1.54) is 11.0 Å². The van der Waals surface area contributed by atoms with Crippen LogP contribution in [0.4, 0.5) is 20.3 Å². The minimum Gasteiger partial charge on any atom is -0.461 e. The second kappa shape index (κ2) is 12.5. The Kier molecular flexibility index (Phi) is 8.43. The van der Waals surface area contributed by atoms with Crippen molar-refractivity contribution in [2.75, 3.05) is 49.1 Å². The van der Waals surface area contributed by atoms with Crippen molar-refractivity contribution in [1.82, 2.24) is 19.8 Å². The molecule has 2 aromatic carbocycles. The molecule has 0 saturated carbocycles. The van der Waals surface area contributed by atoms with Crippen molar-refractivity contribution in [2.45, 2.75) is 69.6 Å². The molecule has 9 nitrogen and oxygen atoms in total. The molecule has 2 unspecified atom stereocenters. The van der Waals surface area contributed by atoms with Crippen LogP contribution in [0.5, 0.6) is 6.01 Å². The number of nitriles is 1. The molecule has 4 aliphatic rings. The van der Waals surface area contributed by atoms with Gasteiger partial charge >= 0.3 is 6.01 Å². The Morgan fingerprint density at radius 1 is 1.17 bits per heavy atom. The maximum atomic E-state index is 14.6. The van der Waals surface area contributed by atoms with Gasteiger partial charge in [0.2, 0.25) is 0 Å². The number of piperazine rings is 1. The minimum absolute atomic E-state index is 0.0205. The molecule has 3 atom stereocenters. The molecule has 0 aliphatic carbocycles. The number of hydrogen-bond acceptors (Lipinski definition) is 8. The molecule has 5 heterocycles. The highest BCUT2D eigenvalue weighted by molar-refractivity contribution is 6.36. The van der Waals surface area contributed by atoms with Crippen molar-refractivity contribution in [3.8, 4) is 12.1 Å². The molecule has 0 N–H and O–H groups in total. The molecule has 1 aromatic heterocycles. The zero-order chi connectivity index (χ0) is 32.9. The van der Waals surface area contributed by atoms with E-state index in [1.807, 2.05) is 18.2 Å². The predicted molar refractivity (Wildman–Crippen MR) is 177 cm³/mol. The fourth-order valence-corrected chi connectivity index (χ4v) is 8.47. The number of amides is 1. The van der Waals surface area contributed by atoms with E-state index in [0.29, 0.717) is 56.5 Å². The van der Waals surface area contributed by atoms with E-state index in [-0.39, 0.29) is 29.5 Å². The van der Waals surface area contributed by atoms with E-state index in [1.54, 1.807) is 6.07 Å².